The summed E-state index contributed by atoms with van der Waals surface area (Å²) >= 11 is 0. The van der Waals surface area contributed by atoms with Crippen LogP contribution in [-0.4, -0.2) is 11.8 Å². The van der Waals surface area contributed by atoms with Gasteiger partial charge in [-0.05, 0) is 34.9 Å². The molecular weight excluding hydrogens is 336 g/mol. The summed E-state index contributed by atoms with van der Waals surface area (Å²) in [5.41, 5.74) is 3.65. The summed E-state index contributed by atoms with van der Waals surface area (Å²) in [6, 6.07) is 24.4. The molecule has 0 amide bonds. The number of allylic oxidation sites excluding steroid dienone is 1. The van der Waals surface area contributed by atoms with Crippen LogP contribution in [0.2, 0.25) is 0 Å². The fourth-order valence-corrected chi connectivity index (χ4v) is 2.53. The zero-order valence-electron chi connectivity index (χ0n) is 14.7. The van der Waals surface area contributed by atoms with Gasteiger partial charge in [0.1, 0.15) is 5.75 Å². The average molecular weight is 354 g/mol. The van der Waals surface area contributed by atoms with Gasteiger partial charge in [0.05, 0.1) is 0 Å². The van der Waals surface area contributed by atoms with Gasteiger partial charge in [-0.1, -0.05) is 79.4 Å². The van der Waals surface area contributed by atoms with E-state index in [-0.39, 0.29) is 5.78 Å². The second-order valence-electron chi connectivity index (χ2n) is 5.84. The topological polar surface area (TPSA) is 43.4 Å². The molecule has 0 aliphatic rings. The highest BCUT2D eigenvalue weighted by atomic mass is 16.5. The summed E-state index contributed by atoms with van der Waals surface area (Å²) in [7, 11) is 0. The molecule has 3 rings (SSSR count). The molecule has 0 atom stereocenters. The van der Waals surface area contributed by atoms with Gasteiger partial charge in [0.25, 0.3) is 0 Å². The Bertz CT molecular complexity index is 966. The first-order valence-corrected chi connectivity index (χ1v) is 8.48. The van der Waals surface area contributed by atoms with E-state index in [2.05, 4.69) is 6.58 Å². The van der Waals surface area contributed by atoms with E-state index in [9.17, 15) is 9.59 Å². The van der Waals surface area contributed by atoms with Gasteiger partial charge in [-0.2, -0.15) is 0 Å². The van der Waals surface area contributed by atoms with Crippen LogP contribution in [0.4, 0.5) is 0 Å². The summed E-state index contributed by atoms with van der Waals surface area (Å²) in [6.07, 6.45) is 4.37. The maximum atomic E-state index is 12.3. The van der Waals surface area contributed by atoms with E-state index in [0.29, 0.717) is 11.3 Å². The maximum Gasteiger partial charge on any atom is 0.335 e. The van der Waals surface area contributed by atoms with Gasteiger partial charge >= 0.3 is 5.97 Å². The van der Waals surface area contributed by atoms with E-state index in [1.807, 2.05) is 54.6 Å². The lowest BCUT2D eigenvalue weighted by Crippen LogP contribution is -2.02. The normalized spacial score (nSPS) is 10.5. The summed E-state index contributed by atoms with van der Waals surface area (Å²) < 4.78 is 5.01. The van der Waals surface area contributed by atoms with E-state index >= 15 is 0 Å². The number of hydrogen-bond acceptors (Lipinski definition) is 3. The lowest BCUT2D eigenvalue weighted by molar-refractivity contribution is -0.128. The van der Waals surface area contributed by atoms with E-state index in [1.165, 1.54) is 6.08 Å². The van der Waals surface area contributed by atoms with Crippen molar-refractivity contribution in [2.75, 3.05) is 0 Å². The van der Waals surface area contributed by atoms with Crippen molar-refractivity contribution in [1.29, 1.82) is 0 Å². The maximum absolute atomic E-state index is 12.3. The van der Waals surface area contributed by atoms with Gasteiger partial charge in [0, 0.05) is 11.6 Å². The molecule has 0 fully saturated rings. The van der Waals surface area contributed by atoms with Crippen LogP contribution < -0.4 is 4.74 Å². The fourth-order valence-electron chi connectivity index (χ4n) is 2.53. The Kier molecular flexibility index (Phi) is 5.75. The first-order valence-electron chi connectivity index (χ1n) is 8.48. The lowest BCUT2D eigenvalue weighted by atomic mass is 10.0. The number of benzene rings is 3. The van der Waals surface area contributed by atoms with Gasteiger partial charge in [-0.3, -0.25) is 4.79 Å². The number of hydrogen-bond donors (Lipinski definition) is 0. The Morgan fingerprint density at radius 1 is 0.778 bits per heavy atom. The minimum Gasteiger partial charge on any atom is -0.423 e. The summed E-state index contributed by atoms with van der Waals surface area (Å²) in [4.78, 5) is 23.5. The first kappa shape index (κ1) is 18.1. The van der Waals surface area contributed by atoms with Crippen LogP contribution in [-0.2, 0) is 4.79 Å². The molecular formula is C24H18O3. The summed E-state index contributed by atoms with van der Waals surface area (Å²) in [5.74, 6) is -0.149. The number of ketones is 1. The number of rotatable bonds is 6. The molecule has 0 aliphatic heterocycles. The molecule has 27 heavy (non-hydrogen) atoms. The Labute approximate surface area is 158 Å². The lowest BCUT2D eigenvalue weighted by Gasteiger charge is -2.03. The third-order valence-electron chi connectivity index (χ3n) is 3.97. The van der Waals surface area contributed by atoms with Crippen LogP contribution in [0.3, 0.4) is 0 Å². The van der Waals surface area contributed by atoms with Crippen LogP contribution in [0.5, 0.6) is 5.75 Å². The second-order valence-corrected chi connectivity index (χ2v) is 5.84. The smallest absolute Gasteiger partial charge is 0.335 e. The predicted octanol–water partition coefficient (Wildman–Crippen LogP) is 5.34. The molecule has 0 bridgehead atoms. The van der Waals surface area contributed by atoms with E-state index in [0.717, 1.165) is 22.8 Å². The highest BCUT2D eigenvalue weighted by molar-refractivity contribution is 6.07. The SMILES string of the molecule is C=CC(=O)Oc1ccc(/C=C/C(=O)c2ccc(-c3ccccc3)cc2)cc1. The van der Waals surface area contributed by atoms with Gasteiger partial charge in [0.2, 0.25) is 0 Å². The van der Waals surface area contributed by atoms with Gasteiger partial charge < -0.3 is 4.74 Å². The monoisotopic (exact) mass is 354 g/mol. The molecule has 132 valence electrons. The molecule has 0 saturated carbocycles. The number of carbonyl (C=O) groups is 2. The Hall–Kier alpha value is -3.72. The van der Waals surface area contributed by atoms with Crippen molar-refractivity contribution in [2.45, 2.75) is 0 Å². The van der Waals surface area contributed by atoms with Crippen LogP contribution in [0.1, 0.15) is 15.9 Å². The minimum atomic E-state index is -0.507. The zero-order chi connectivity index (χ0) is 19.1. The number of ether oxygens (including phenoxy) is 1. The molecule has 0 N–H and O–H groups in total. The molecule has 0 aliphatic carbocycles. The molecule has 0 saturated heterocycles. The molecule has 3 aromatic rings. The van der Waals surface area contributed by atoms with Gasteiger partial charge in [0.15, 0.2) is 5.78 Å². The van der Waals surface area contributed by atoms with E-state index in [4.69, 9.17) is 4.74 Å². The van der Waals surface area contributed by atoms with Crippen molar-refractivity contribution in [2.24, 2.45) is 0 Å². The molecule has 3 aromatic carbocycles. The molecule has 0 unspecified atom stereocenters. The van der Waals surface area contributed by atoms with Crippen LogP contribution in [0.25, 0.3) is 17.2 Å². The van der Waals surface area contributed by atoms with Crippen molar-refractivity contribution in [3.63, 3.8) is 0 Å². The van der Waals surface area contributed by atoms with Crippen LogP contribution in [0.15, 0.2) is 97.6 Å². The van der Waals surface area contributed by atoms with Gasteiger partial charge in [-0.25, -0.2) is 4.79 Å². The Balaban J connectivity index is 1.66. The first-order chi connectivity index (χ1) is 13.2. The fraction of sp³-hybridized carbons (Fsp3) is 0. The van der Waals surface area contributed by atoms with E-state index < -0.39 is 5.97 Å². The number of esters is 1. The molecule has 0 spiro atoms. The summed E-state index contributed by atoms with van der Waals surface area (Å²) in [6.45, 7) is 3.35. The van der Waals surface area contributed by atoms with Gasteiger partial charge in [-0.15, -0.1) is 0 Å². The van der Waals surface area contributed by atoms with Crippen molar-refractivity contribution in [3.05, 3.63) is 109 Å². The van der Waals surface area contributed by atoms with Crippen LogP contribution >= 0.6 is 0 Å². The minimum absolute atomic E-state index is 0.0724. The molecule has 0 aromatic heterocycles. The van der Waals surface area contributed by atoms with Crippen LogP contribution in [0, 0.1) is 0 Å². The van der Waals surface area contributed by atoms with Crippen molar-refractivity contribution >= 4 is 17.8 Å². The highest BCUT2D eigenvalue weighted by Crippen LogP contribution is 2.20. The van der Waals surface area contributed by atoms with E-state index in [1.54, 1.807) is 30.3 Å². The standard InChI is InChI=1S/C24H18O3/c1-2-24(26)27-22-15-8-18(9-16-22)10-17-23(25)21-13-11-20(12-14-21)19-6-4-3-5-7-19/h2-17H,1H2/b17-10+. The molecule has 3 nitrogen and oxygen atoms in total. The second kappa shape index (κ2) is 8.59. The Morgan fingerprint density at radius 3 is 2.04 bits per heavy atom. The Morgan fingerprint density at radius 2 is 1.41 bits per heavy atom. The summed E-state index contributed by atoms with van der Waals surface area (Å²) in [5, 5.41) is 0. The predicted molar refractivity (Wildman–Crippen MR) is 108 cm³/mol. The molecule has 0 radical (unpaired) electrons. The molecule has 0 heterocycles. The quantitative estimate of drug-likeness (QED) is 0.260. The highest BCUT2D eigenvalue weighted by Gasteiger charge is 2.03. The van der Waals surface area contributed by atoms with Crippen molar-refractivity contribution in [3.8, 4) is 16.9 Å². The molecule has 3 heteroatoms. The largest absolute Gasteiger partial charge is 0.423 e. The number of carbonyl (C=O) groups excluding carboxylic acids is 2. The third-order valence-corrected chi connectivity index (χ3v) is 3.97. The van der Waals surface area contributed by atoms with Crippen molar-refractivity contribution in [1.82, 2.24) is 0 Å². The van der Waals surface area contributed by atoms with Crippen molar-refractivity contribution < 1.29 is 14.3 Å². The zero-order valence-corrected chi connectivity index (χ0v) is 14.7. The third kappa shape index (κ3) is 4.89. The average Bonchev–Trinajstić information content (AvgIpc) is 2.73.